The van der Waals surface area contributed by atoms with Gasteiger partial charge in [0.25, 0.3) is 10.0 Å². The molecule has 0 aliphatic rings. The summed E-state index contributed by atoms with van der Waals surface area (Å²) in [6.45, 7) is 0.241. The summed E-state index contributed by atoms with van der Waals surface area (Å²) < 4.78 is 38.2. The van der Waals surface area contributed by atoms with Gasteiger partial charge in [0.05, 0.1) is 24.3 Å². The molecule has 0 radical (unpaired) electrons. The number of nitrogens with zero attached hydrogens (tertiary/aromatic N) is 1. The smallest absolute Gasteiger partial charge is 0.270 e. The van der Waals surface area contributed by atoms with Crippen LogP contribution in [-0.2, 0) is 14.8 Å². The Morgan fingerprint density at radius 3 is 1.94 bits per heavy atom. The summed E-state index contributed by atoms with van der Waals surface area (Å²) in [6.07, 6.45) is 0.288. The number of amides is 1. The largest absolute Gasteiger partial charge is 0.497 e. The molecule has 6 nitrogen and oxygen atoms in total. The van der Waals surface area contributed by atoms with Crippen LogP contribution in [0.2, 0.25) is 10.0 Å². The van der Waals surface area contributed by atoms with E-state index in [1.54, 1.807) is 36.4 Å². The molecule has 32 heavy (non-hydrogen) atoms. The minimum atomic E-state index is -4.15. The van der Waals surface area contributed by atoms with Crippen LogP contribution in [0.15, 0.2) is 77.7 Å². The number of anilines is 1. The number of benzene rings is 3. The Hall–Kier alpha value is -2.74. The SMILES string of the molecule is COc1ccc(N(C(=O)CCCOc2ccc(Cl)cc2)S(=O)(=O)c2ccc(Cl)cc2)cc1. The van der Waals surface area contributed by atoms with E-state index in [2.05, 4.69) is 0 Å². The third-order valence-electron chi connectivity index (χ3n) is 4.50. The van der Waals surface area contributed by atoms with Gasteiger partial charge in [0.1, 0.15) is 11.5 Å². The molecule has 0 bridgehead atoms. The molecule has 0 spiro atoms. The third-order valence-corrected chi connectivity index (χ3v) is 6.77. The van der Waals surface area contributed by atoms with E-state index in [-0.39, 0.29) is 23.6 Å². The molecule has 0 aromatic heterocycles. The van der Waals surface area contributed by atoms with Crippen molar-refractivity contribution in [1.82, 2.24) is 0 Å². The molecule has 0 aliphatic heterocycles. The van der Waals surface area contributed by atoms with Crippen molar-refractivity contribution in [2.75, 3.05) is 18.0 Å². The van der Waals surface area contributed by atoms with Crippen molar-refractivity contribution >= 4 is 44.8 Å². The van der Waals surface area contributed by atoms with Gasteiger partial charge in [-0.05, 0) is 79.2 Å². The summed E-state index contributed by atoms with van der Waals surface area (Å²) in [4.78, 5) is 13.0. The van der Waals surface area contributed by atoms with Crippen LogP contribution in [0.5, 0.6) is 11.5 Å². The molecule has 0 saturated carbocycles. The highest BCUT2D eigenvalue weighted by molar-refractivity contribution is 7.93. The number of carbonyl (C=O) groups excluding carboxylic acids is 1. The molecule has 3 aromatic carbocycles. The van der Waals surface area contributed by atoms with E-state index in [4.69, 9.17) is 32.7 Å². The molecule has 0 unspecified atom stereocenters. The Morgan fingerprint density at radius 2 is 1.38 bits per heavy atom. The van der Waals surface area contributed by atoms with E-state index >= 15 is 0 Å². The lowest BCUT2D eigenvalue weighted by Gasteiger charge is -2.23. The first-order valence-corrected chi connectivity index (χ1v) is 11.9. The van der Waals surface area contributed by atoms with Gasteiger partial charge in [-0.25, -0.2) is 12.7 Å². The van der Waals surface area contributed by atoms with Crippen molar-refractivity contribution in [2.45, 2.75) is 17.7 Å². The van der Waals surface area contributed by atoms with Gasteiger partial charge in [-0.15, -0.1) is 0 Å². The maximum Gasteiger partial charge on any atom is 0.270 e. The standard InChI is InChI=1S/C23H21Cl2NO5S/c1-30-20-12-8-19(9-13-20)26(32(28,29)22-14-6-18(25)7-15-22)23(27)3-2-16-31-21-10-4-17(24)5-11-21/h4-15H,2-3,16H2,1H3. The highest BCUT2D eigenvalue weighted by Crippen LogP contribution is 2.28. The molecule has 0 fully saturated rings. The van der Waals surface area contributed by atoms with E-state index in [9.17, 15) is 13.2 Å². The first-order valence-electron chi connectivity index (χ1n) is 9.67. The summed E-state index contributed by atoms with van der Waals surface area (Å²) in [5.74, 6) is 0.578. The summed E-state index contributed by atoms with van der Waals surface area (Å²) in [7, 11) is -2.65. The number of rotatable bonds is 9. The molecular formula is C23H21Cl2NO5S. The Kier molecular flexibility index (Phi) is 8.01. The monoisotopic (exact) mass is 493 g/mol. The van der Waals surface area contributed by atoms with Crippen molar-refractivity contribution in [3.8, 4) is 11.5 Å². The Labute approximate surface area is 197 Å². The van der Waals surface area contributed by atoms with Crippen LogP contribution in [-0.4, -0.2) is 28.0 Å². The van der Waals surface area contributed by atoms with Crippen LogP contribution in [0.1, 0.15) is 12.8 Å². The minimum Gasteiger partial charge on any atom is -0.497 e. The van der Waals surface area contributed by atoms with Gasteiger partial charge in [0.15, 0.2) is 0 Å². The van der Waals surface area contributed by atoms with E-state index in [0.29, 0.717) is 28.0 Å². The highest BCUT2D eigenvalue weighted by atomic mass is 35.5. The number of methoxy groups -OCH3 is 1. The predicted molar refractivity (Wildman–Crippen MR) is 125 cm³/mol. The maximum atomic E-state index is 13.3. The van der Waals surface area contributed by atoms with Gasteiger partial charge in [-0.3, -0.25) is 4.79 Å². The van der Waals surface area contributed by atoms with E-state index in [1.807, 2.05) is 0 Å². The quantitative estimate of drug-likeness (QED) is 0.363. The summed E-state index contributed by atoms with van der Waals surface area (Å²) in [6, 6.07) is 18.7. The normalized spacial score (nSPS) is 11.1. The Morgan fingerprint density at radius 1 is 0.844 bits per heavy atom. The lowest BCUT2D eigenvalue weighted by atomic mass is 10.2. The molecule has 9 heteroatoms. The van der Waals surface area contributed by atoms with Crippen LogP contribution in [0.3, 0.4) is 0 Å². The van der Waals surface area contributed by atoms with E-state index in [0.717, 1.165) is 4.31 Å². The van der Waals surface area contributed by atoms with Crippen molar-refractivity contribution in [2.24, 2.45) is 0 Å². The van der Waals surface area contributed by atoms with Crippen LogP contribution in [0, 0.1) is 0 Å². The Balaban J connectivity index is 1.78. The lowest BCUT2D eigenvalue weighted by Crippen LogP contribution is -2.37. The van der Waals surface area contributed by atoms with Gasteiger partial charge < -0.3 is 9.47 Å². The molecule has 0 atom stereocenters. The zero-order chi connectivity index (χ0) is 23.1. The molecule has 1 amide bonds. The highest BCUT2D eigenvalue weighted by Gasteiger charge is 2.30. The molecule has 3 aromatic rings. The zero-order valence-electron chi connectivity index (χ0n) is 17.2. The van der Waals surface area contributed by atoms with Gasteiger partial charge in [0, 0.05) is 16.5 Å². The molecule has 168 valence electrons. The lowest BCUT2D eigenvalue weighted by molar-refractivity contribution is -0.117. The van der Waals surface area contributed by atoms with Crippen molar-refractivity contribution in [3.63, 3.8) is 0 Å². The first-order chi connectivity index (χ1) is 15.3. The van der Waals surface area contributed by atoms with Crippen molar-refractivity contribution in [1.29, 1.82) is 0 Å². The average molecular weight is 494 g/mol. The second kappa shape index (κ2) is 10.7. The first kappa shape index (κ1) is 23.9. The molecule has 0 heterocycles. The number of hydrogen-bond donors (Lipinski definition) is 0. The number of hydrogen-bond acceptors (Lipinski definition) is 5. The summed E-state index contributed by atoms with van der Waals surface area (Å²) in [5.41, 5.74) is 0.212. The van der Waals surface area contributed by atoms with Crippen LogP contribution in [0.4, 0.5) is 5.69 Å². The van der Waals surface area contributed by atoms with Crippen LogP contribution in [0.25, 0.3) is 0 Å². The molecule has 0 N–H and O–H groups in total. The van der Waals surface area contributed by atoms with Crippen LogP contribution >= 0.6 is 23.2 Å². The number of carbonyl (C=O) groups is 1. The minimum absolute atomic E-state index is 0.0353. The number of halogens is 2. The second-order valence-electron chi connectivity index (χ2n) is 6.72. The van der Waals surface area contributed by atoms with Crippen molar-refractivity contribution in [3.05, 3.63) is 82.8 Å². The fourth-order valence-corrected chi connectivity index (χ4v) is 4.59. The maximum absolute atomic E-state index is 13.3. The molecule has 0 saturated heterocycles. The molecular weight excluding hydrogens is 473 g/mol. The number of sulfonamides is 1. The van der Waals surface area contributed by atoms with Crippen LogP contribution < -0.4 is 13.8 Å². The topological polar surface area (TPSA) is 72.9 Å². The van der Waals surface area contributed by atoms with E-state index < -0.39 is 15.9 Å². The molecule has 3 rings (SSSR count). The fourth-order valence-electron chi connectivity index (χ4n) is 2.89. The van der Waals surface area contributed by atoms with Crippen molar-refractivity contribution < 1.29 is 22.7 Å². The fraction of sp³-hybridized carbons (Fsp3) is 0.174. The zero-order valence-corrected chi connectivity index (χ0v) is 19.5. The van der Waals surface area contributed by atoms with Gasteiger partial charge in [-0.1, -0.05) is 23.2 Å². The second-order valence-corrected chi connectivity index (χ2v) is 9.38. The summed E-state index contributed by atoms with van der Waals surface area (Å²) >= 11 is 11.7. The van der Waals surface area contributed by atoms with Gasteiger partial charge in [0.2, 0.25) is 5.91 Å². The summed E-state index contributed by atoms with van der Waals surface area (Å²) in [5, 5.41) is 0.987. The Bertz CT molecular complexity index is 1150. The van der Waals surface area contributed by atoms with Gasteiger partial charge in [-0.2, -0.15) is 0 Å². The average Bonchev–Trinajstić information content (AvgIpc) is 2.78. The number of ether oxygens (including phenoxy) is 2. The van der Waals surface area contributed by atoms with E-state index in [1.165, 1.54) is 43.5 Å². The predicted octanol–water partition coefficient (Wildman–Crippen LogP) is 5.58. The third kappa shape index (κ3) is 5.94. The van der Waals surface area contributed by atoms with Gasteiger partial charge >= 0.3 is 0 Å². The molecule has 0 aliphatic carbocycles.